The number of hydrogen-bond acceptors (Lipinski definition) is 5. The number of piperazine rings is 1. The van der Waals surface area contributed by atoms with Crippen molar-refractivity contribution in [3.05, 3.63) is 0 Å². The molecule has 1 saturated heterocycles. The molecular formula is C13H31N3O2. The van der Waals surface area contributed by atoms with E-state index in [-0.39, 0.29) is 13.2 Å². The van der Waals surface area contributed by atoms with Gasteiger partial charge in [-0.25, -0.2) is 0 Å². The molecule has 5 nitrogen and oxygen atoms in total. The highest BCUT2D eigenvalue weighted by Gasteiger charge is 2.03. The van der Waals surface area contributed by atoms with Gasteiger partial charge in [-0.15, -0.1) is 0 Å². The van der Waals surface area contributed by atoms with Crippen LogP contribution < -0.4 is 10.6 Å². The molecule has 0 bridgehead atoms. The Hall–Kier alpha value is -0.200. The zero-order chi connectivity index (χ0) is 13.6. The summed E-state index contributed by atoms with van der Waals surface area (Å²) in [6.45, 7) is 10.4. The highest BCUT2D eigenvalue weighted by molar-refractivity contribution is 4.69. The summed E-state index contributed by atoms with van der Waals surface area (Å²) < 4.78 is 0. The Morgan fingerprint density at radius 1 is 1.11 bits per heavy atom. The predicted molar refractivity (Wildman–Crippen MR) is 75.9 cm³/mol. The van der Waals surface area contributed by atoms with E-state index in [1.807, 2.05) is 0 Å². The third kappa shape index (κ3) is 10.9. The van der Waals surface area contributed by atoms with E-state index in [4.69, 9.17) is 10.2 Å². The lowest BCUT2D eigenvalue weighted by Gasteiger charge is -2.19. The van der Waals surface area contributed by atoms with Crippen LogP contribution in [-0.4, -0.2) is 73.6 Å². The summed E-state index contributed by atoms with van der Waals surface area (Å²) in [6.07, 6.45) is 2.30. The van der Waals surface area contributed by atoms with Crippen LogP contribution in [0.4, 0.5) is 0 Å². The van der Waals surface area contributed by atoms with E-state index in [9.17, 15) is 0 Å². The number of nitrogens with zero attached hydrogens (tertiary/aromatic N) is 1. The molecule has 0 saturated carbocycles. The van der Waals surface area contributed by atoms with Gasteiger partial charge in [0.1, 0.15) is 0 Å². The Balaban J connectivity index is 0.000000351. The van der Waals surface area contributed by atoms with Crippen molar-refractivity contribution in [1.82, 2.24) is 15.5 Å². The van der Waals surface area contributed by atoms with Gasteiger partial charge in [0.25, 0.3) is 0 Å². The first-order chi connectivity index (χ1) is 8.74. The Morgan fingerprint density at radius 3 is 2.11 bits per heavy atom. The van der Waals surface area contributed by atoms with Crippen molar-refractivity contribution >= 4 is 0 Å². The average Bonchev–Trinajstić information content (AvgIpc) is 2.38. The molecule has 0 amide bonds. The van der Waals surface area contributed by atoms with Crippen molar-refractivity contribution in [2.45, 2.75) is 32.7 Å². The van der Waals surface area contributed by atoms with E-state index < -0.39 is 0 Å². The summed E-state index contributed by atoms with van der Waals surface area (Å²) in [7, 11) is 0. The molecule has 0 aliphatic carbocycles. The van der Waals surface area contributed by atoms with E-state index in [2.05, 4.69) is 29.4 Å². The second kappa shape index (κ2) is 13.2. The largest absolute Gasteiger partial charge is 0.395 e. The Kier molecular flexibility index (Phi) is 13.1. The molecule has 18 heavy (non-hydrogen) atoms. The first kappa shape index (κ1) is 17.8. The van der Waals surface area contributed by atoms with Gasteiger partial charge >= 0.3 is 0 Å². The molecule has 0 aromatic rings. The maximum atomic E-state index is 8.64. The van der Waals surface area contributed by atoms with Gasteiger partial charge in [0, 0.05) is 38.8 Å². The molecule has 1 unspecified atom stereocenters. The third-order valence-corrected chi connectivity index (χ3v) is 2.91. The Labute approximate surface area is 112 Å². The smallest absolute Gasteiger partial charge is 0.0558 e. The minimum absolute atomic E-state index is 0.184. The molecule has 1 aliphatic rings. The van der Waals surface area contributed by atoms with Crippen molar-refractivity contribution < 1.29 is 10.2 Å². The van der Waals surface area contributed by atoms with E-state index in [0.717, 1.165) is 39.0 Å². The number of unbranched alkanes of at least 4 members (excludes halogenated alkanes) is 1. The minimum atomic E-state index is 0.184. The fourth-order valence-corrected chi connectivity index (χ4v) is 1.80. The molecule has 4 N–H and O–H groups in total. The summed E-state index contributed by atoms with van der Waals surface area (Å²) >= 11 is 0. The van der Waals surface area contributed by atoms with Crippen LogP contribution in [0.2, 0.25) is 0 Å². The Morgan fingerprint density at radius 2 is 1.78 bits per heavy atom. The zero-order valence-corrected chi connectivity index (χ0v) is 12.0. The van der Waals surface area contributed by atoms with Crippen LogP contribution in [0.5, 0.6) is 0 Å². The highest BCUT2D eigenvalue weighted by atomic mass is 16.3. The summed E-state index contributed by atoms with van der Waals surface area (Å²) in [5, 5.41) is 23.9. The lowest BCUT2D eigenvalue weighted by Crippen LogP contribution is -2.46. The number of hydrogen-bond donors (Lipinski definition) is 4. The maximum absolute atomic E-state index is 8.64. The molecule has 1 aliphatic heterocycles. The SMILES string of the molecule is CC1CNCCN1.CCCCN(CCO)CCO. The zero-order valence-electron chi connectivity index (χ0n) is 12.0. The number of aliphatic hydroxyl groups excluding tert-OH is 2. The van der Waals surface area contributed by atoms with Crippen molar-refractivity contribution in [2.24, 2.45) is 0 Å². The van der Waals surface area contributed by atoms with Crippen LogP contribution in [-0.2, 0) is 0 Å². The molecule has 0 radical (unpaired) electrons. The lowest BCUT2D eigenvalue weighted by molar-refractivity contribution is 0.159. The molecule has 0 spiro atoms. The van der Waals surface area contributed by atoms with Gasteiger partial charge in [-0.2, -0.15) is 0 Å². The van der Waals surface area contributed by atoms with Crippen LogP contribution in [0.15, 0.2) is 0 Å². The van der Waals surface area contributed by atoms with Gasteiger partial charge in [0.05, 0.1) is 13.2 Å². The summed E-state index contributed by atoms with van der Waals surface area (Å²) in [5.74, 6) is 0. The van der Waals surface area contributed by atoms with E-state index in [1.165, 1.54) is 0 Å². The van der Waals surface area contributed by atoms with Gasteiger partial charge < -0.3 is 20.8 Å². The number of nitrogens with one attached hydrogen (secondary N) is 2. The summed E-state index contributed by atoms with van der Waals surface area (Å²) in [4.78, 5) is 2.07. The fourth-order valence-electron chi connectivity index (χ4n) is 1.80. The highest BCUT2D eigenvalue weighted by Crippen LogP contribution is 1.93. The van der Waals surface area contributed by atoms with Crippen molar-refractivity contribution in [2.75, 3.05) is 52.5 Å². The van der Waals surface area contributed by atoms with Gasteiger partial charge in [-0.1, -0.05) is 13.3 Å². The molecule has 0 aromatic carbocycles. The maximum Gasteiger partial charge on any atom is 0.0558 e. The monoisotopic (exact) mass is 261 g/mol. The fraction of sp³-hybridized carbons (Fsp3) is 1.00. The van der Waals surface area contributed by atoms with Crippen LogP contribution in [0.1, 0.15) is 26.7 Å². The quantitative estimate of drug-likeness (QED) is 0.504. The standard InChI is InChI=1S/C8H19NO2.C5H12N2/c1-2-3-4-9(5-7-10)6-8-11;1-5-4-6-2-3-7-5/h10-11H,2-8H2,1H3;5-7H,2-4H2,1H3. The summed E-state index contributed by atoms with van der Waals surface area (Å²) in [5.41, 5.74) is 0. The molecule has 1 atom stereocenters. The molecule has 1 heterocycles. The third-order valence-electron chi connectivity index (χ3n) is 2.91. The van der Waals surface area contributed by atoms with Crippen molar-refractivity contribution in [3.63, 3.8) is 0 Å². The van der Waals surface area contributed by atoms with Gasteiger partial charge in [-0.05, 0) is 19.9 Å². The van der Waals surface area contributed by atoms with Crippen molar-refractivity contribution in [3.8, 4) is 0 Å². The van der Waals surface area contributed by atoms with E-state index >= 15 is 0 Å². The van der Waals surface area contributed by atoms with E-state index in [0.29, 0.717) is 19.1 Å². The van der Waals surface area contributed by atoms with Gasteiger partial charge in [-0.3, -0.25) is 4.90 Å². The average molecular weight is 261 g/mol. The van der Waals surface area contributed by atoms with Crippen LogP contribution in [0, 0.1) is 0 Å². The molecular weight excluding hydrogens is 230 g/mol. The first-order valence-corrected chi connectivity index (χ1v) is 7.12. The van der Waals surface area contributed by atoms with E-state index in [1.54, 1.807) is 0 Å². The second-order valence-electron chi connectivity index (χ2n) is 4.70. The molecule has 0 aromatic heterocycles. The van der Waals surface area contributed by atoms with Crippen LogP contribution in [0.25, 0.3) is 0 Å². The van der Waals surface area contributed by atoms with Crippen LogP contribution in [0.3, 0.4) is 0 Å². The molecule has 1 fully saturated rings. The topological polar surface area (TPSA) is 67.8 Å². The molecule has 1 rings (SSSR count). The van der Waals surface area contributed by atoms with Gasteiger partial charge in [0.15, 0.2) is 0 Å². The van der Waals surface area contributed by atoms with Crippen molar-refractivity contribution in [1.29, 1.82) is 0 Å². The Bertz CT molecular complexity index is 158. The first-order valence-electron chi connectivity index (χ1n) is 7.12. The van der Waals surface area contributed by atoms with Gasteiger partial charge in [0.2, 0.25) is 0 Å². The second-order valence-corrected chi connectivity index (χ2v) is 4.70. The lowest BCUT2D eigenvalue weighted by atomic mass is 10.3. The normalized spacial score (nSPS) is 19.5. The molecule has 5 heteroatoms. The predicted octanol–water partition coefficient (Wildman–Crippen LogP) is -0.359. The summed E-state index contributed by atoms with van der Waals surface area (Å²) in [6, 6.07) is 0.675. The number of aliphatic hydroxyl groups is 2. The minimum Gasteiger partial charge on any atom is -0.395 e. The number of rotatable bonds is 7. The molecule has 110 valence electrons. The van der Waals surface area contributed by atoms with Crippen LogP contribution >= 0.6 is 0 Å².